The van der Waals surface area contributed by atoms with Crippen LogP contribution in [0.1, 0.15) is 26.3 Å². The molecule has 0 radical (unpaired) electrons. The molecule has 0 aliphatic carbocycles. The van der Waals surface area contributed by atoms with Crippen molar-refractivity contribution < 1.29 is 30.0 Å². The Kier molecular flexibility index (Phi) is 5.93. The molecule has 1 aromatic carbocycles. The molecule has 0 saturated carbocycles. The van der Waals surface area contributed by atoms with Gasteiger partial charge in [-0.25, -0.2) is 4.98 Å². The number of thiophene rings is 1. The average Bonchev–Trinajstić information content (AvgIpc) is 3.39. The van der Waals surface area contributed by atoms with E-state index in [9.17, 15) is 25.2 Å². The second kappa shape index (κ2) is 8.44. The van der Waals surface area contributed by atoms with Crippen molar-refractivity contribution >= 4 is 38.8 Å². The zero-order valence-corrected chi connectivity index (χ0v) is 16.8. The van der Waals surface area contributed by atoms with Crippen molar-refractivity contribution in [2.24, 2.45) is 0 Å². The van der Waals surface area contributed by atoms with E-state index in [-0.39, 0.29) is 5.91 Å². The van der Waals surface area contributed by atoms with Gasteiger partial charge in [0.1, 0.15) is 35.5 Å². The predicted molar refractivity (Wildman–Crippen MR) is 108 cm³/mol. The van der Waals surface area contributed by atoms with Crippen LogP contribution in [0.5, 0.6) is 0 Å². The van der Waals surface area contributed by atoms with Crippen molar-refractivity contribution in [1.82, 2.24) is 10.3 Å². The number of hydrogen-bond acceptors (Lipinski definition) is 9. The number of ether oxygens (including phenoxy) is 1. The minimum Gasteiger partial charge on any atom is -0.394 e. The third kappa shape index (κ3) is 4.05. The molecule has 2 aromatic heterocycles. The van der Waals surface area contributed by atoms with Crippen molar-refractivity contribution in [3.8, 4) is 0 Å². The van der Waals surface area contributed by atoms with E-state index in [2.05, 4.69) is 10.3 Å². The number of carbonyl (C=O) groups excluding carboxylic acids is 1. The predicted octanol–water partition coefficient (Wildman–Crippen LogP) is 0.803. The van der Waals surface area contributed by atoms with Crippen molar-refractivity contribution in [2.75, 3.05) is 6.61 Å². The molecule has 0 spiro atoms. The highest BCUT2D eigenvalue weighted by Crippen LogP contribution is 2.36. The summed E-state index contributed by atoms with van der Waals surface area (Å²) in [7, 11) is 0. The summed E-state index contributed by atoms with van der Waals surface area (Å²) in [6, 6.07) is 8.99. The lowest BCUT2D eigenvalue weighted by molar-refractivity contribution is -0.231. The molecule has 1 aliphatic rings. The molecule has 5 atom stereocenters. The van der Waals surface area contributed by atoms with E-state index in [1.807, 2.05) is 17.5 Å². The van der Waals surface area contributed by atoms with E-state index in [4.69, 9.17) is 4.74 Å². The first-order chi connectivity index (χ1) is 14.0. The van der Waals surface area contributed by atoms with Crippen LogP contribution in [0.4, 0.5) is 0 Å². The van der Waals surface area contributed by atoms with Crippen LogP contribution in [0.25, 0.3) is 10.2 Å². The fourth-order valence-corrected chi connectivity index (χ4v) is 4.87. The summed E-state index contributed by atoms with van der Waals surface area (Å²) in [5.74, 6) is -0.220. The first-order valence-corrected chi connectivity index (χ1v) is 10.7. The normalized spacial score (nSPS) is 27.2. The summed E-state index contributed by atoms with van der Waals surface area (Å²) in [6.45, 7) is -0.0530. The summed E-state index contributed by atoms with van der Waals surface area (Å²) >= 11 is 2.82. The highest BCUT2D eigenvalue weighted by molar-refractivity contribution is 7.18. The molecule has 10 heteroatoms. The van der Waals surface area contributed by atoms with Crippen LogP contribution in [0.3, 0.4) is 0 Å². The van der Waals surface area contributed by atoms with E-state index < -0.39 is 37.1 Å². The van der Waals surface area contributed by atoms with Gasteiger partial charge in [-0.3, -0.25) is 4.79 Å². The number of hydrogen-bond donors (Lipinski definition) is 5. The van der Waals surface area contributed by atoms with Gasteiger partial charge in [0.15, 0.2) is 0 Å². The van der Waals surface area contributed by atoms with Crippen LogP contribution in [-0.2, 0) is 11.3 Å². The fraction of sp³-hybridized carbons (Fsp3) is 0.368. The molecule has 1 fully saturated rings. The highest BCUT2D eigenvalue weighted by atomic mass is 32.1. The lowest BCUT2D eigenvalue weighted by Crippen LogP contribution is -2.55. The zero-order chi connectivity index (χ0) is 20.5. The van der Waals surface area contributed by atoms with Crippen LogP contribution >= 0.6 is 22.7 Å². The Bertz CT molecular complexity index is 990. The van der Waals surface area contributed by atoms with Crippen LogP contribution in [0, 0.1) is 0 Å². The maximum atomic E-state index is 12.4. The number of fused-ring (bicyclic) bond motifs is 1. The van der Waals surface area contributed by atoms with Crippen molar-refractivity contribution in [2.45, 2.75) is 37.1 Å². The van der Waals surface area contributed by atoms with Gasteiger partial charge in [-0.15, -0.1) is 22.7 Å². The number of nitrogens with one attached hydrogen (secondary N) is 1. The van der Waals surface area contributed by atoms with Crippen molar-refractivity contribution in [3.63, 3.8) is 0 Å². The molecule has 3 heterocycles. The molecule has 8 nitrogen and oxygen atoms in total. The highest BCUT2D eigenvalue weighted by Gasteiger charge is 2.45. The largest absolute Gasteiger partial charge is 0.394 e. The Labute approximate surface area is 174 Å². The Morgan fingerprint density at radius 1 is 1.17 bits per heavy atom. The molecule has 5 N–H and O–H groups in total. The Balaban J connectivity index is 1.54. The lowest BCUT2D eigenvalue weighted by atomic mass is 9.95. The van der Waals surface area contributed by atoms with E-state index in [0.29, 0.717) is 22.6 Å². The number of rotatable bonds is 5. The molecule has 0 unspecified atom stereocenters. The molecular weight excluding hydrogens is 416 g/mol. The summed E-state index contributed by atoms with van der Waals surface area (Å²) in [5, 5.41) is 44.8. The van der Waals surface area contributed by atoms with E-state index in [1.54, 1.807) is 29.5 Å². The van der Waals surface area contributed by atoms with Gasteiger partial charge in [-0.05, 0) is 29.6 Å². The van der Waals surface area contributed by atoms with E-state index in [0.717, 1.165) is 9.58 Å². The number of benzene rings is 1. The van der Waals surface area contributed by atoms with Crippen LogP contribution in [0.2, 0.25) is 0 Å². The maximum Gasteiger partial charge on any atom is 0.251 e. The first kappa shape index (κ1) is 20.4. The summed E-state index contributed by atoms with van der Waals surface area (Å²) < 4.78 is 6.35. The van der Waals surface area contributed by atoms with Crippen LogP contribution < -0.4 is 5.32 Å². The SMILES string of the molecule is O=C(NCc1cccs1)c1ccc2sc([C@@H]3O[C@H](CO)[C@H](O)[C@H](O)[C@H]3O)nc2c1. The second-order valence-corrected chi connectivity index (χ2v) is 8.84. The molecule has 1 saturated heterocycles. The number of aliphatic hydroxyl groups excluding tert-OH is 4. The topological polar surface area (TPSA) is 132 Å². The number of thiazole rings is 1. The van der Waals surface area contributed by atoms with Gasteiger partial charge in [-0.1, -0.05) is 6.07 Å². The second-order valence-electron chi connectivity index (χ2n) is 6.75. The molecule has 3 aromatic rings. The molecule has 1 aliphatic heterocycles. The summed E-state index contributed by atoms with van der Waals surface area (Å²) in [6.07, 6.45) is -6.25. The molecule has 154 valence electrons. The molecule has 29 heavy (non-hydrogen) atoms. The monoisotopic (exact) mass is 436 g/mol. The molecule has 1 amide bonds. The smallest absolute Gasteiger partial charge is 0.251 e. The van der Waals surface area contributed by atoms with Gasteiger partial charge >= 0.3 is 0 Å². The number of nitrogens with zero attached hydrogens (tertiary/aromatic N) is 1. The van der Waals surface area contributed by atoms with Gasteiger partial charge in [0.25, 0.3) is 5.91 Å². The van der Waals surface area contributed by atoms with Gasteiger partial charge < -0.3 is 30.5 Å². The quantitative estimate of drug-likeness (QED) is 0.400. The summed E-state index contributed by atoms with van der Waals surface area (Å²) in [5.41, 5.74) is 1.02. The number of aliphatic hydroxyl groups is 4. The van der Waals surface area contributed by atoms with E-state index >= 15 is 0 Å². The fourth-order valence-electron chi connectivity index (χ4n) is 3.20. The Morgan fingerprint density at radius 3 is 2.72 bits per heavy atom. The lowest BCUT2D eigenvalue weighted by Gasteiger charge is -2.39. The number of carbonyl (C=O) groups is 1. The molecular formula is C19H20N2O6S2. The number of amides is 1. The van der Waals surface area contributed by atoms with Crippen molar-refractivity contribution in [3.05, 3.63) is 51.2 Å². The van der Waals surface area contributed by atoms with Gasteiger partial charge in [0, 0.05) is 10.4 Å². The third-order valence-electron chi connectivity index (χ3n) is 4.81. The average molecular weight is 437 g/mol. The zero-order valence-electron chi connectivity index (χ0n) is 15.1. The molecule has 0 bridgehead atoms. The standard InChI is InChI=1S/C19H20N2O6S2/c22-8-12-14(23)15(24)16(25)17(27-12)19-21-11-6-9(3-4-13(11)29-19)18(26)20-7-10-2-1-5-28-10/h1-6,12,14-17,22-25H,7-8H2,(H,20,26)/t12-,14+,15+,16-,17-/m1/s1. The van der Waals surface area contributed by atoms with Crippen LogP contribution in [0.15, 0.2) is 35.7 Å². The minimum absolute atomic E-state index is 0.220. The number of aromatic nitrogens is 1. The first-order valence-electron chi connectivity index (χ1n) is 8.99. The van der Waals surface area contributed by atoms with E-state index in [1.165, 1.54) is 11.3 Å². The Hall–Kier alpha value is -1.92. The third-order valence-corrected chi connectivity index (χ3v) is 6.78. The molecule has 4 rings (SSSR count). The maximum absolute atomic E-state index is 12.4. The van der Waals surface area contributed by atoms with Gasteiger partial charge in [0.05, 0.1) is 23.4 Å². The van der Waals surface area contributed by atoms with Gasteiger partial charge in [-0.2, -0.15) is 0 Å². The summed E-state index contributed by atoms with van der Waals surface area (Å²) in [4.78, 5) is 17.9. The van der Waals surface area contributed by atoms with Crippen molar-refractivity contribution in [1.29, 1.82) is 0 Å². The van der Waals surface area contributed by atoms with Crippen LogP contribution in [-0.4, -0.2) is 62.3 Å². The minimum atomic E-state index is -1.46. The van der Waals surface area contributed by atoms with Gasteiger partial charge in [0.2, 0.25) is 0 Å². The Morgan fingerprint density at radius 2 is 2.00 bits per heavy atom.